The van der Waals surface area contributed by atoms with Crippen molar-refractivity contribution in [3.05, 3.63) is 81.8 Å². The van der Waals surface area contributed by atoms with E-state index in [0.717, 1.165) is 17.6 Å². The third kappa shape index (κ3) is 4.93. The Morgan fingerprint density at radius 1 is 1.18 bits per heavy atom. The number of amides is 1. The third-order valence-corrected chi connectivity index (χ3v) is 7.40. The standard InChI is InChI=1S/C21H15Cl2FN4O3S2/c1-28(11-12-2-4-14(24)9-17(12)23)21(29)15-5-3-13(22)8-18(15)27-33(30,31)20-16-10-26-32-19(16)6-7-25-20/h2-10,27H,11H2,1H3. The Kier molecular flexibility index (Phi) is 6.53. The summed E-state index contributed by atoms with van der Waals surface area (Å²) in [7, 11) is -2.64. The van der Waals surface area contributed by atoms with Crippen LogP contribution in [0, 0.1) is 5.82 Å². The van der Waals surface area contributed by atoms with E-state index in [9.17, 15) is 17.6 Å². The quantitative estimate of drug-likeness (QED) is 0.373. The summed E-state index contributed by atoms with van der Waals surface area (Å²) in [6.07, 6.45) is 2.80. The summed E-state index contributed by atoms with van der Waals surface area (Å²) in [5, 5.41) is 0.568. The first-order valence-electron chi connectivity index (χ1n) is 9.37. The zero-order chi connectivity index (χ0) is 23.8. The van der Waals surface area contributed by atoms with Crippen LogP contribution in [0.5, 0.6) is 0 Å². The normalized spacial score (nSPS) is 11.5. The molecule has 2 heterocycles. The molecule has 0 radical (unpaired) electrons. The first kappa shape index (κ1) is 23.4. The van der Waals surface area contributed by atoms with Gasteiger partial charge in [-0.15, -0.1) is 0 Å². The van der Waals surface area contributed by atoms with Gasteiger partial charge in [-0.1, -0.05) is 29.3 Å². The topological polar surface area (TPSA) is 92.3 Å². The summed E-state index contributed by atoms with van der Waals surface area (Å²) < 4.78 is 46.7. The highest BCUT2D eigenvalue weighted by atomic mass is 35.5. The highest BCUT2D eigenvalue weighted by Crippen LogP contribution is 2.29. The van der Waals surface area contributed by atoms with Crippen LogP contribution in [-0.2, 0) is 16.6 Å². The summed E-state index contributed by atoms with van der Waals surface area (Å²) in [5.74, 6) is -0.982. The van der Waals surface area contributed by atoms with Crippen LogP contribution in [0.4, 0.5) is 10.1 Å². The molecule has 0 bridgehead atoms. The van der Waals surface area contributed by atoms with Gasteiger partial charge < -0.3 is 4.90 Å². The molecule has 0 aliphatic carbocycles. The van der Waals surface area contributed by atoms with Crippen molar-refractivity contribution in [1.29, 1.82) is 0 Å². The highest BCUT2D eigenvalue weighted by molar-refractivity contribution is 7.92. The molecule has 0 saturated heterocycles. The predicted molar refractivity (Wildman–Crippen MR) is 127 cm³/mol. The molecular weight excluding hydrogens is 510 g/mol. The predicted octanol–water partition coefficient (Wildman–Crippen LogP) is 5.21. The molecular formula is C21H15Cl2FN4O3S2. The van der Waals surface area contributed by atoms with Crippen LogP contribution in [0.15, 0.2) is 59.9 Å². The van der Waals surface area contributed by atoms with E-state index in [2.05, 4.69) is 14.1 Å². The molecule has 2 aromatic carbocycles. The average Bonchev–Trinajstić information content (AvgIpc) is 3.24. The Morgan fingerprint density at radius 2 is 1.97 bits per heavy atom. The van der Waals surface area contributed by atoms with E-state index in [1.807, 2.05) is 0 Å². The molecule has 0 unspecified atom stereocenters. The monoisotopic (exact) mass is 524 g/mol. The van der Waals surface area contributed by atoms with Crippen molar-refractivity contribution in [3.8, 4) is 0 Å². The maximum atomic E-state index is 13.3. The van der Waals surface area contributed by atoms with Gasteiger partial charge in [0.1, 0.15) is 5.82 Å². The van der Waals surface area contributed by atoms with Gasteiger partial charge in [0.2, 0.25) is 0 Å². The van der Waals surface area contributed by atoms with E-state index in [1.165, 1.54) is 54.7 Å². The molecule has 0 aliphatic rings. The molecule has 12 heteroatoms. The molecule has 0 saturated carbocycles. The van der Waals surface area contributed by atoms with Crippen molar-refractivity contribution in [2.24, 2.45) is 0 Å². The lowest BCUT2D eigenvalue weighted by atomic mass is 10.1. The van der Waals surface area contributed by atoms with E-state index in [4.69, 9.17) is 23.2 Å². The van der Waals surface area contributed by atoms with Crippen molar-refractivity contribution in [2.75, 3.05) is 11.8 Å². The molecule has 33 heavy (non-hydrogen) atoms. The molecule has 4 rings (SSSR count). The van der Waals surface area contributed by atoms with Gasteiger partial charge >= 0.3 is 0 Å². The summed E-state index contributed by atoms with van der Waals surface area (Å²) in [5.41, 5.74) is 0.594. The average molecular weight is 525 g/mol. The number of hydrogen-bond acceptors (Lipinski definition) is 6. The van der Waals surface area contributed by atoms with Gasteiger partial charge in [-0.05, 0) is 53.5 Å². The van der Waals surface area contributed by atoms with Crippen LogP contribution in [0.3, 0.4) is 0 Å². The molecule has 170 valence electrons. The first-order chi connectivity index (χ1) is 15.7. The van der Waals surface area contributed by atoms with Gasteiger partial charge in [0, 0.05) is 29.8 Å². The number of halogens is 3. The number of rotatable bonds is 6. The number of aromatic nitrogens is 2. The molecule has 1 amide bonds. The first-order valence-corrected chi connectivity index (χ1v) is 12.4. The number of nitrogens with one attached hydrogen (secondary N) is 1. The van der Waals surface area contributed by atoms with Gasteiger partial charge in [0.15, 0.2) is 5.03 Å². The Morgan fingerprint density at radius 3 is 2.73 bits per heavy atom. The van der Waals surface area contributed by atoms with Crippen molar-refractivity contribution in [2.45, 2.75) is 11.6 Å². The van der Waals surface area contributed by atoms with Crippen LogP contribution in [0.25, 0.3) is 10.1 Å². The zero-order valence-corrected chi connectivity index (χ0v) is 20.1. The number of sulfonamides is 1. The number of carbonyl (C=O) groups excluding carboxylic acids is 1. The molecule has 0 atom stereocenters. The van der Waals surface area contributed by atoms with E-state index < -0.39 is 21.7 Å². The fourth-order valence-corrected chi connectivity index (χ4v) is 5.46. The van der Waals surface area contributed by atoms with Crippen molar-refractivity contribution >= 4 is 66.4 Å². The molecule has 0 aliphatic heterocycles. The largest absolute Gasteiger partial charge is 0.337 e. The molecule has 1 N–H and O–H groups in total. The fourth-order valence-electron chi connectivity index (χ4n) is 3.15. The maximum absolute atomic E-state index is 13.3. The van der Waals surface area contributed by atoms with Crippen molar-refractivity contribution in [1.82, 2.24) is 14.3 Å². The fraction of sp³-hybridized carbons (Fsp3) is 0.0952. The maximum Gasteiger partial charge on any atom is 0.280 e. The number of nitrogens with zero attached hydrogens (tertiary/aromatic N) is 3. The van der Waals surface area contributed by atoms with Crippen LogP contribution in [0.1, 0.15) is 15.9 Å². The summed E-state index contributed by atoms with van der Waals surface area (Å²) in [4.78, 5) is 18.5. The Hall–Kier alpha value is -2.79. The van der Waals surface area contributed by atoms with Crippen LogP contribution in [-0.4, -0.2) is 35.6 Å². The highest BCUT2D eigenvalue weighted by Gasteiger charge is 2.24. The summed E-state index contributed by atoms with van der Waals surface area (Å²) in [6, 6.07) is 9.79. The molecule has 0 fully saturated rings. The van der Waals surface area contributed by atoms with Gasteiger partial charge in [-0.3, -0.25) is 9.52 Å². The lowest BCUT2D eigenvalue weighted by Gasteiger charge is -2.20. The van der Waals surface area contributed by atoms with Crippen molar-refractivity contribution < 1.29 is 17.6 Å². The molecule has 4 aromatic rings. The number of pyridine rings is 1. The molecule has 7 nitrogen and oxygen atoms in total. The van der Waals surface area contributed by atoms with Gasteiger partial charge in [0.05, 0.1) is 27.5 Å². The van der Waals surface area contributed by atoms with Gasteiger partial charge in [-0.25, -0.2) is 9.37 Å². The SMILES string of the molecule is CN(Cc1ccc(F)cc1Cl)C(=O)c1ccc(Cl)cc1NS(=O)(=O)c1nccc2sncc12. The van der Waals surface area contributed by atoms with Crippen LogP contribution < -0.4 is 4.72 Å². The van der Waals surface area contributed by atoms with Crippen molar-refractivity contribution in [3.63, 3.8) is 0 Å². The second-order valence-electron chi connectivity index (χ2n) is 7.05. The number of hydrogen-bond donors (Lipinski definition) is 1. The van der Waals surface area contributed by atoms with Gasteiger partial charge in [0.25, 0.3) is 15.9 Å². The van der Waals surface area contributed by atoms with E-state index in [-0.39, 0.29) is 32.9 Å². The minimum absolute atomic E-state index is 0.00783. The summed E-state index contributed by atoms with van der Waals surface area (Å²) in [6.45, 7) is 0.0776. The lowest BCUT2D eigenvalue weighted by Crippen LogP contribution is -2.28. The Labute approximate surface area is 203 Å². The number of fused-ring (bicyclic) bond motifs is 1. The number of anilines is 1. The van der Waals surface area contributed by atoms with Gasteiger partial charge in [-0.2, -0.15) is 12.8 Å². The number of benzene rings is 2. The minimum Gasteiger partial charge on any atom is -0.337 e. The Balaban J connectivity index is 1.66. The van der Waals surface area contributed by atoms with E-state index >= 15 is 0 Å². The van der Waals surface area contributed by atoms with E-state index in [0.29, 0.717) is 15.6 Å². The van der Waals surface area contributed by atoms with Crippen LogP contribution >= 0.6 is 34.7 Å². The smallest absolute Gasteiger partial charge is 0.280 e. The second-order valence-corrected chi connectivity index (χ2v) is 10.3. The number of carbonyl (C=O) groups is 1. The Bertz CT molecular complexity index is 1480. The van der Waals surface area contributed by atoms with Crippen LogP contribution in [0.2, 0.25) is 10.0 Å². The molecule has 0 spiro atoms. The minimum atomic E-state index is -4.17. The summed E-state index contributed by atoms with van der Waals surface area (Å²) >= 11 is 13.3. The second kappa shape index (κ2) is 9.22. The van der Waals surface area contributed by atoms with E-state index in [1.54, 1.807) is 6.07 Å². The third-order valence-electron chi connectivity index (χ3n) is 4.73. The zero-order valence-electron chi connectivity index (χ0n) is 16.9. The lowest BCUT2D eigenvalue weighted by molar-refractivity contribution is 0.0786. The molecule has 2 aromatic heterocycles.